The van der Waals surface area contributed by atoms with Crippen molar-refractivity contribution in [2.24, 2.45) is 11.8 Å². The highest BCUT2D eigenvalue weighted by Gasteiger charge is 2.22. The average Bonchev–Trinajstić information content (AvgIpc) is 1.95. The summed E-state index contributed by atoms with van der Waals surface area (Å²) in [4.78, 5) is 11.0. The molecule has 0 fully saturated rings. The molecule has 0 aromatic heterocycles. The minimum Gasteiger partial charge on any atom is -0.333 e. The van der Waals surface area contributed by atoms with Gasteiger partial charge >= 0.3 is 0 Å². The van der Waals surface area contributed by atoms with Gasteiger partial charge in [0.2, 0.25) is 5.91 Å². The predicted molar refractivity (Wildman–Crippen MR) is 40.2 cm³/mol. The standard InChI is InChI=1S/C8H13NO/c1-3-7-4-5-9-8(10)6(7)2/h4-7H,3H2,1-2H3,(H,9,10)/t6-,7?/m0/s1. The molecule has 56 valence electrons. The third-order valence-electron chi connectivity index (χ3n) is 2.10. The molecule has 2 heteroatoms. The second-order valence-corrected chi connectivity index (χ2v) is 2.73. The molecule has 0 saturated heterocycles. The molecule has 1 unspecified atom stereocenters. The third kappa shape index (κ3) is 1.20. The second kappa shape index (κ2) is 2.86. The summed E-state index contributed by atoms with van der Waals surface area (Å²) in [6.45, 7) is 4.07. The Bertz CT molecular complexity index is 163. The van der Waals surface area contributed by atoms with E-state index < -0.39 is 0 Å². The highest BCUT2D eigenvalue weighted by Crippen LogP contribution is 2.19. The van der Waals surface area contributed by atoms with E-state index >= 15 is 0 Å². The van der Waals surface area contributed by atoms with Crippen LogP contribution in [0.3, 0.4) is 0 Å². The maximum atomic E-state index is 11.0. The summed E-state index contributed by atoms with van der Waals surface area (Å²) < 4.78 is 0. The number of hydrogen-bond donors (Lipinski definition) is 1. The lowest BCUT2D eigenvalue weighted by Crippen LogP contribution is -2.33. The number of hydrogen-bond acceptors (Lipinski definition) is 1. The van der Waals surface area contributed by atoms with Crippen LogP contribution in [-0.4, -0.2) is 5.91 Å². The van der Waals surface area contributed by atoms with Crippen LogP contribution in [0.1, 0.15) is 20.3 Å². The zero-order chi connectivity index (χ0) is 7.56. The van der Waals surface area contributed by atoms with Crippen molar-refractivity contribution in [1.82, 2.24) is 5.32 Å². The van der Waals surface area contributed by atoms with Crippen LogP contribution in [0.5, 0.6) is 0 Å². The lowest BCUT2D eigenvalue weighted by Gasteiger charge is -2.21. The lowest BCUT2D eigenvalue weighted by atomic mass is 9.89. The molecule has 0 spiro atoms. The highest BCUT2D eigenvalue weighted by atomic mass is 16.1. The number of nitrogens with one attached hydrogen (secondary N) is 1. The first-order chi connectivity index (χ1) is 4.75. The van der Waals surface area contributed by atoms with Gasteiger partial charge in [-0.25, -0.2) is 0 Å². The number of rotatable bonds is 1. The fraction of sp³-hybridized carbons (Fsp3) is 0.625. The third-order valence-corrected chi connectivity index (χ3v) is 2.10. The van der Waals surface area contributed by atoms with Gasteiger partial charge in [0, 0.05) is 12.1 Å². The van der Waals surface area contributed by atoms with Gasteiger partial charge in [-0.3, -0.25) is 4.79 Å². The minimum absolute atomic E-state index is 0.148. The fourth-order valence-electron chi connectivity index (χ4n) is 1.24. The van der Waals surface area contributed by atoms with Crippen molar-refractivity contribution in [3.05, 3.63) is 12.3 Å². The van der Waals surface area contributed by atoms with Gasteiger partial charge in [0.05, 0.1) is 0 Å². The van der Waals surface area contributed by atoms with Crippen LogP contribution in [0.25, 0.3) is 0 Å². The largest absolute Gasteiger partial charge is 0.333 e. The van der Waals surface area contributed by atoms with Gasteiger partial charge < -0.3 is 5.32 Å². The van der Waals surface area contributed by atoms with Crippen molar-refractivity contribution in [2.75, 3.05) is 0 Å². The summed E-state index contributed by atoms with van der Waals surface area (Å²) in [6.07, 6.45) is 4.85. The number of amides is 1. The second-order valence-electron chi connectivity index (χ2n) is 2.73. The van der Waals surface area contributed by atoms with Crippen molar-refractivity contribution >= 4 is 5.91 Å². The van der Waals surface area contributed by atoms with Crippen LogP contribution < -0.4 is 5.32 Å². The topological polar surface area (TPSA) is 29.1 Å². The molecule has 1 aliphatic heterocycles. The van der Waals surface area contributed by atoms with E-state index in [4.69, 9.17) is 0 Å². The van der Waals surface area contributed by atoms with E-state index in [0.29, 0.717) is 5.92 Å². The average molecular weight is 139 g/mol. The van der Waals surface area contributed by atoms with Gasteiger partial charge in [0.15, 0.2) is 0 Å². The van der Waals surface area contributed by atoms with E-state index in [9.17, 15) is 4.79 Å². The fourth-order valence-corrected chi connectivity index (χ4v) is 1.24. The van der Waals surface area contributed by atoms with E-state index in [0.717, 1.165) is 6.42 Å². The number of carbonyl (C=O) groups is 1. The van der Waals surface area contributed by atoms with Crippen LogP contribution in [-0.2, 0) is 4.79 Å². The van der Waals surface area contributed by atoms with E-state index in [-0.39, 0.29) is 11.8 Å². The van der Waals surface area contributed by atoms with Gasteiger partial charge in [0.25, 0.3) is 0 Å². The normalized spacial score (nSPS) is 32.0. The van der Waals surface area contributed by atoms with Crippen LogP contribution in [0.2, 0.25) is 0 Å². The lowest BCUT2D eigenvalue weighted by molar-refractivity contribution is -0.125. The van der Waals surface area contributed by atoms with Crippen LogP contribution in [0.15, 0.2) is 12.3 Å². The number of carbonyl (C=O) groups excluding carboxylic acids is 1. The molecule has 0 aromatic rings. The van der Waals surface area contributed by atoms with Crippen molar-refractivity contribution in [3.8, 4) is 0 Å². The molecule has 0 radical (unpaired) electrons. The molecule has 0 bridgehead atoms. The Hall–Kier alpha value is -0.790. The molecule has 0 saturated carbocycles. The van der Waals surface area contributed by atoms with Crippen molar-refractivity contribution in [3.63, 3.8) is 0 Å². The highest BCUT2D eigenvalue weighted by molar-refractivity contribution is 5.80. The van der Waals surface area contributed by atoms with Gasteiger partial charge in [-0.2, -0.15) is 0 Å². The predicted octanol–water partition coefficient (Wildman–Crippen LogP) is 1.29. The Morgan fingerprint density at radius 1 is 1.70 bits per heavy atom. The van der Waals surface area contributed by atoms with Gasteiger partial charge in [-0.15, -0.1) is 0 Å². The Morgan fingerprint density at radius 3 is 2.90 bits per heavy atom. The first-order valence-electron chi connectivity index (χ1n) is 3.72. The summed E-state index contributed by atoms with van der Waals surface area (Å²) >= 11 is 0. The summed E-state index contributed by atoms with van der Waals surface area (Å²) in [5, 5.41) is 2.68. The molecule has 2 atom stereocenters. The Balaban J connectivity index is 2.66. The summed E-state index contributed by atoms with van der Waals surface area (Å²) in [7, 11) is 0. The molecule has 1 heterocycles. The van der Waals surface area contributed by atoms with Crippen molar-refractivity contribution in [1.29, 1.82) is 0 Å². The van der Waals surface area contributed by atoms with Gasteiger partial charge in [-0.05, 0) is 12.3 Å². The van der Waals surface area contributed by atoms with E-state index in [1.54, 1.807) is 6.20 Å². The smallest absolute Gasteiger partial charge is 0.227 e. The maximum absolute atomic E-state index is 11.0. The molecule has 1 aliphatic rings. The monoisotopic (exact) mass is 139 g/mol. The summed E-state index contributed by atoms with van der Waals surface area (Å²) in [5.41, 5.74) is 0. The van der Waals surface area contributed by atoms with E-state index in [2.05, 4.69) is 18.3 Å². The van der Waals surface area contributed by atoms with Crippen LogP contribution in [0, 0.1) is 11.8 Å². The van der Waals surface area contributed by atoms with Crippen molar-refractivity contribution < 1.29 is 4.79 Å². The first-order valence-corrected chi connectivity index (χ1v) is 3.72. The molecule has 0 aromatic carbocycles. The Kier molecular flexibility index (Phi) is 2.10. The summed E-state index contributed by atoms with van der Waals surface area (Å²) in [5.74, 6) is 0.734. The van der Waals surface area contributed by atoms with Gasteiger partial charge in [-0.1, -0.05) is 19.9 Å². The number of allylic oxidation sites excluding steroid dienone is 1. The molecule has 2 nitrogen and oxygen atoms in total. The molecule has 1 N–H and O–H groups in total. The zero-order valence-corrected chi connectivity index (χ0v) is 6.42. The van der Waals surface area contributed by atoms with Crippen LogP contribution >= 0.6 is 0 Å². The molecule has 1 amide bonds. The van der Waals surface area contributed by atoms with Crippen molar-refractivity contribution in [2.45, 2.75) is 20.3 Å². The summed E-state index contributed by atoms with van der Waals surface area (Å²) in [6, 6.07) is 0. The van der Waals surface area contributed by atoms with E-state index in [1.807, 2.05) is 6.92 Å². The Morgan fingerprint density at radius 2 is 2.40 bits per heavy atom. The van der Waals surface area contributed by atoms with Crippen LogP contribution in [0.4, 0.5) is 0 Å². The van der Waals surface area contributed by atoms with E-state index in [1.165, 1.54) is 0 Å². The molecule has 10 heavy (non-hydrogen) atoms. The zero-order valence-electron chi connectivity index (χ0n) is 6.42. The molecular formula is C8H13NO. The Labute approximate surface area is 61.3 Å². The quantitative estimate of drug-likeness (QED) is 0.582. The maximum Gasteiger partial charge on any atom is 0.227 e. The minimum atomic E-state index is 0.148. The first kappa shape index (κ1) is 7.32. The molecular weight excluding hydrogens is 126 g/mol. The van der Waals surface area contributed by atoms with Gasteiger partial charge in [0.1, 0.15) is 0 Å². The molecule has 1 rings (SSSR count). The molecule has 0 aliphatic carbocycles. The SMILES string of the molecule is CCC1C=CNC(=O)[C@H]1C.